The summed E-state index contributed by atoms with van der Waals surface area (Å²) in [7, 11) is -0.447. The van der Waals surface area contributed by atoms with E-state index < -0.39 is 10.0 Å². The van der Waals surface area contributed by atoms with Gasteiger partial charge in [0.15, 0.2) is 0 Å². The predicted octanol–water partition coefficient (Wildman–Crippen LogP) is 3.53. The molecule has 0 spiro atoms. The Morgan fingerprint density at radius 2 is 1.80 bits per heavy atom. The Morgan fingerprint density at radius 1 is 1.03 bits per heavy atom. The third-order valence-corrected chi connectivity index (χ3v) is 6.80. The number of hydrogen-bond donors (Lipinski definition) is 1. The molecule has 1 aliphatic heterocycles. The third-order valence-electron chi connectivity index (χ3n) is 4.91. The molecule has 2 aromatic rings. The largest absolute Gasteiger partial charge is 0.497 e. The Labute approximate surface area is 177 Å². The second-order valence-electron chi connectivity index (χ2n) is 6.92. The molecule has 1 fully saturated rings. The van der Waals surface area contributed by atoms with Crippen LogP contribution in [-0.2, 0) is 14.8 Å². The average Bonchev–Trinajstić information content (AvgIpc) is 2.78. The second kappa shape index (κ2) is 9.77. The molecule has 160 valence electrons. The maximum Gasteiger partial charge on any atom is 0.248 e. The first-order chi connectivity index (χ1) is 14.4. The highest BCUT2D eigenvalue weighted by Crippen LogP contribution is 2.25. The quantitative estimate of drug-likeness (QED) is 0.680. The summed E-state index contributed by atoms with van der Waals surface area (Å²) in [6.07, 6.45) is 5.77. The van der Waals surface area contributed by atoms with E-state index in [1.165, 1.54) is 16.4 Å². The SMILES string of the molecule is COc1ccc(OC)c(C=CC(=O)Nc2cccc(S(=O)(=O)N3CCCCC3)c2)c1. The van der Waals surface area contributed by atoms with Crippen molar-refractivity contribution < 1.29 is 22.7 Å². The van der Waals surface area contributed by atoms with E-state index in [4.69, 9.17) is 9.47 Å². The molecule has 1 amide bonds. The van der Waals surface area contributed by atoms with Crippen molar-refractivity contribution in [2.24, 2.45) is 0 Å². The van der Waals surface area contributed by atoms with Crippen molar-refractivity contribution >= 4 is 27.7 Å². The molecule has 0 aliphatic carbocycles. The van der Waals surface area contributed by atoms with E-state index in [2.05, 4.69) is 5.32 Å². The Bertz CT molecular complexity index is 1030. The fourth-order valence-corrected chi connectivity index (χ4v) is 4.87. The molecule has 0 aromatic heterocycles. The van der Waals surface area contributed by atoms with Crippen LogP contribution in [0.25, 0.3) is 6.08 Å². The fourth-order valence-electron chi connectivity index (χ4n) is 3.31. The zero-order chi connectivity index (χ0) is 21.6. The fraction of sp³-hybridized carbons (Fsp3) is 0.318. The van der Waals surface area contributed by atoms with Crippen LogP contribution in [0.1, 0.15) is 24.8 Å². The van der Waals surface area contributed by atoms with Gasteiger partial charge < -0.3 is 14.8 Å². The number of carbonyl (C=O) groups excluding carboxylic acids is 1. The molecule has 1 N–H and O–H groups in total. The van der Waals surface area contributed by atoms with Crippen molar-refractivity contribution in [1.29, 1.82) is 0 Å². The van der Waals surface area contributed by atoms with Gasteiger partial charge in [0, 0.05) is 30.4 Å². The maximum atomic E-state index is 12.8. The Balaban J connectivity index is 1.73. The molecular formula is C22H26N2O5S. The summed E-state index contributed by atoms with van der Waals surface area (Å²) in [5, 5.41) is 2.71. The Morgan fingerprint density at radius 3 is 2.50 bits per heavy atom. The van der Waals surface area contributed by atoms with E-state index in [-0.39, 0.29) is 10.8 Å². The van der Waals surface area contributed by atoms with E-state index in [1.54, 1.807) is 56.7 Å². The number of amides is 1. The van der Waals surface area contributed by atoms with Gasteiger partial charge in [0.2, 0.25) is 15.9 Å². The molecule has 2 aromatic carbocycles. The van der Waals surface area contributed by atoms with Crippen LogP contribution in [0.2, 0.25) is 0 Å². The van der Waals surface area contributed by atoms with Crippen molar-refractivity contribution in [2.45, 2.75) is 24.2 Å². The molecule has 8 heteroatoms. The van der Waals surface area contributed by atoms with Crippen LogP contribution >= 0.6 is 0 Å². The van der Waals surface area contributed by atoms with Crippen molar-refractivity contribution in [1.82, 2.24) is 4.31 Å². The molecule has 7 nitrogen and oxygen atoms in total. The molecule has 0 saturated carbocycles. The molecule has 1 saturated heterocycles. The van der Waals surface area contributed by atoms with Crippen LogP contribution < -0.4 is 14.8 Å². The molecule has 1 heterocycles. The van der Waals surface area contributed by atoms with Gasteiger partial charge in [0.05, 0.1) is 19.1 Å². The Kier molecular flexibility index (Phi) is 7.12. The van der Waals surface area contributed by atoms with E-state index in [1.807, 2.05) is 0 Å². The van der Waals surface area contributed by atoms with Crippen LogP contribution in [0.4, 0.5) is 5.69 Å². The van der Waals surface area contributed by atoms with Gasteiger partial charge in [-0.05, 0) is 55.3 Å². The summed E-state index contributed by atoms with van der Waals surface area (Å²) < 4.78 is 37.7. The summed E-state index contributed by atoms with van der Waals surface area (Å²) >= 11 is 0. The lowest BCUT2D eigenvalue weighted by Gasteiger charge is -2.26. The lowest BCUT2D eigenvalue weighted by Crippen LogP contribution is -2.35. The van der Waals surface area contributed by atoms with Crippen LogP contribution in [0.5, 0.6) is 11.5 Å². The number of methoxy groups -OCH3 is 2. The van der Waals surface area contributed by atoms with Crippen LogP contribution in [0, 0.1) is 0 Å². The summed E-state index contributed by atoms with van der Waals surface area (Å²) in [5.41, 5.74) is 1.11. The van der Waals surface area contributed by atoms with Crippen molar-refractivity contribution in [3.63, 3.8) is 0 Å². The highest BCUT2D eigenvalue weighted by Gasteiger charge is 2.26. The van der Waals surface area contributed by atoms with Gasteiger partial charge in [0.25, 0.3) is 0 Å². The van der Waals surface area contributed by atoms with Crippen molar-refractivity contribution in [3.8, 4) is 11.5 Å². The monoisotopic (exact) mass is 430 g/mol. The van der Waals surface area contributed by atoms with E-state index >= 15 is 0 Å². The highest BCUT2D eigenvalue weighted by molar-refractivity contribution is 7.89. The molecule has 3 rings (SSSR count). The number of benzene rings is 2. The van der Waals surface area contributed by atoms with Gasteiger partial charge in [0.1, 0.15) is 11.5 Å². The van der Waals surface area contributed by atoms with Gasteiger partial charge in [-0.2, -0.15) is 4.31 Å². The van der Waals surface area contributed by atoms with Gasteiger partial charge >= 0.3 is 0 Å². The van der Waals surface area contributed by atoms with Crippen molar-refractivity contribution in [2.75, 3.05) is 32.6 Å². The molecule has 0 unspecified atom stereocenters. The van der Waals surface area contributed by atoms with Gasteiger partial charge in [-0.1, -0.05) is 12.5 Å². The lowest BCUT2D eigenvalue weighted by molar-refractivity contribution is -0.111. The number of nitrogens with zero attached hydrogens (tertiary/aromatic N) is 1. The molecule has 1 aliphatic rings. The first-order valence-corrected chi connectivity index (χ1v) is 11.2. The standard InChI is InChI=1S/C22H26N2O5S/c1-28-19-10-11-21(29-2)17(15-19)9-12-22(25)23-18-7-6-8-20(16-18)30(26,27)24-13-4-3-5-14-24/h6-12,15-16H,3-5,13-14H2,1-2H3,(H,23,25). The summed E-state index contributed by atoms with van der Waals surface area (Å²) in [4.78, 5) is 12.6. The first-order valence-electron chi connectivity index (χ1n) is 9.75. The third kappa shape index (κ3) is 5.20. The minimum Gasteiger partial charge on any atom is -0.497 e. The molecule has 0 radical (unpaired) electrons. The predicted molar refractivity (Wildman–Crippen MR) is 116 cm³/mol. The second-order valence-corrected chi connectivity index (χ2v) is 8.86. The minimum absolute atomic E-state index is 0.181. The molecule has 30 heavy (non-hydrogen) atoms. The maximum absolute atomic E-state index is 12.8. The molecule has 0 atom stereocenters. The summed E-state index contributed by atoms with van der Waals surface area (Å²) in [5.74, 6) is 0.869. The van der Waals surface area contributed by atoms with Gasteiger partial charge in [-0.25, -0.2) is 8.42 Å². The zero-order valence-corrected chi connectivity index (χ0v) is 17.9. The number of hydrogen-bond acceptors (Lipinski definition) is 5. The number of piperidine rings is 1. The summed E-state index contributed by atoms with van der Waals surface area (Å²) in [6, 6.07) is 11.6. The van der Waals surface area contributed by atoms with Crippen LogP contribution in [0.15, 0.2) is 53.4 Å². The normalized spacial score (nSPS) is 15.1. The van der Waals surface area contributed by atoms with Crippen LogP contribution in [-0.4, -0.2) is 45.9 Å². The van der Waals surface area contributed by atoms with Gasteiger partial charge in [-0.15, -0.1) is 0 Å². The zero-order valence-electron chi connectivity index (χ0n) is 17.1. The Hall–Kier alpha value is -2.84. The number of carbonyl (C=O) groups is 1. The molecular weight excluding hydrogens is 404 g/mol. The topological polar surface area (TPSA) is 84.9 Å². The summed E-state index contributed by atoms with van der Waals surface area (Å²) in [6.45, 7) is 1.06. The van der Waals surface area contributed by atoms with Crippen LogP contribution in [0.3, 0.4) is 0 Å². The number of sulfonamides is 1. The lowest BCUT2D eigenvalue weighted by atomic mass is 10.1. The van der Waals surface area contributed by atoms with E-state index in [0.29, 0.717) is 35.8 Å². The number of nitrogens with one attached hydrogen (secondary N) is 1. The van der Waals surface area contributed by atoms with E-state index in [0.717, 1.165) is 19.3 Å². The van der Waals surface area contributed by atoms with E-state index in [9.17, 15) is 13.2 Å². The number of ether oxygens (including phenoxy) is 2. The highest BCUT2D eigenvalue weighted by atomic mass is 32.2. The van der Waals surface area contributed by atoms with Crippen molar-refractivity contribution in [3.05, 3.63) is 54.1 Å². The molecule has 0 bridgehead atoms. The average molecular weight is 431 g/mol. The smallest absolute Gasteiger partial charge is 0.248 e. The number of rotatable bonds is 7. The number of anilines is 1. The first kappa shape index (κ1) is 21.9. The minimum atomic E-state index is -3.56. The van der Waals surface area contributed by atoms with Gasteiger partial charge in [-0.3, -0.25) is 4.79 Å².